The van der Waals surface area contributed by atoms with Gasteiger partial charge in [0.2, 0.25) is 0 Å². The van der Waals surface area contributed by atoms with E-state index in [1.165, 1.54) is 11.6 Å². The van der Waals surface area contributed by atoms with Crippen LogP contribution in [0, 0.1) is 11.2 Å². The Labute approximate surface area is 137 Å². The lowest BCUT2D eigenvalue weighted by atomic mass is 9.81. The van der Waals surface area contributed by atoms with Crippen LogP contribution < -0.4 is 4.74 Å². The molecule has 1 aliphatic rings. The highest BCUT2D eigenvalue weighted by molar-refractivity contribution is 6.08. The normalized spacial score (nSPS) is 16.4. The van der Waals surface area contributed by atoms with Gasteiger partial charge in [0.25, 0.3) is 0 Å². The zero-order valence-electron chi connectivity index (χ0n) is 14.2. The molecular formula is C18H22BFN2O. The van der Waals surface area contributed by atoms with E-state index in [4.69, 9.17) is 4.74 Å². The highest BCUT2D eigenvalue weighted by Gasteiger charge is 2.32. The molecule has 0 fully saturated rings. The third-order valence-electron chi connectivity index (χ3n) is 4.71. The molecule has 0 radical (unpaired) electrons. The summed E-state index contributed by atoms with van der Waals surface area (Å²) in [5.41, 5.74) is 3.95. The van der Waals surface area contributed by atoms with Crippen LogP contribution in [-0.4, -0.2) is 24.7 Å². The zero-order chi connectivity index (χ0) is 16.6. The number of benzene rings is 1. The van der Waals surface area contributed by atoms with Gasteiger partial charge in [-0.3, -0.25) is 0 Å². The predicted molar refractivity (Wildman–Crippen MR) is 93.3 cm³/mol. The second kappa shape index (κ2) is 5.87. The lowest BCUT2D eigenvalue weighted by Gasteiger charge is -2.24. The molecule has 23 heavy (non-hydrogen) atoms. The Morgan fingerprint density at radius 1 is 1.39 bits per heavy atom. The minimum Gasteiger partial charge on any atom is -0.497 e. The Morgan fingerprint density at radius 2 is 2.17 bits per heavy atom. The maximum atomic E-state index is 14.4. The van der Waals surface area contributed by atoms with Crippen molar-refractivity contribution in [3.8, 4) is 11.4 Å². The molecule has 3 nitrogen and oxygen atoms in total. The van der Waals surface area contributed by atoms with Crippen molar-refractivity contribution in [2.24, 2.45) is 5.41 Å². The number of nitrogens with zero attached hydrogens (tertiary/aromatic N) is 2. The standard InChI is InChI=1S/C18H22BFN2O/c1-18(2)8-4-5-14(18)17-12(10-19)11-21-22(17)16-9-13(23-3)6-7-15(16)20/h5-7,9,11H,4,8,10,19H2,1-3H3. The number of rotatable bonds is 4. The number of aromatic nitrogens is 2. The Morgan fingerprint density at radius 3 is 2.78 bits per heavy atom. The van der Waals surface area contributed by atoms with Gasteiger partial charge in [0.15, 0.2) is 0 Å². The second-order valence-corrected chi connectivity index (χ2v) is 6.64. The first-order chi connectivity index (χ1) is 11.0. The van der Waals surface area contributed by atoms with E-state index in [1.54, 1.807) is 23.9 Å². The van der Waals surface area contributed by atoms with Gasteiger partial charge >= 0.3 is 0 Å². The summed E-state index contributed by atoms with van der Waals surface area (Å²) < 4.78 is 21.4. The van der Waals surface area contributed by atoms with Crippen molar-refractivity contribution in [2.45, 2.75) is 33.0 Å². The molecule has 0 atom stereocenters. The van der Waals surface area contributed by atoms with Gasteiger partial charge in [-0.05, 0) is 41.5 Å². The molecule has 5 heteroatoms. The van der Waals surface area contributed by atoms with Crippen molar-refractivity contribution in [3.63, 3.8) is 0 Å². The average Bonchev–Trinajstić information content (AvgIpc) is 3.09. The Bertz CT molecular complexity index is 764. The van der Waals surface area contributed by atoms with Crippen molar-refractivity contribution in [3.05, 3.63) is 47.5 Å². The minimum atomic E-state index is -0.297. The predicted octanol–water partition coefficient (Wildman–Crippen LogP) is 3.36. The maximum Gasteiger partial charge on any atom is 0.149 e. The quantitative estimate of drug-likeness (QED) is 0.810. The minimum absolute atomic E-state index is 0.0804. The average molecular weight is 312 g/mol. The molecule has 0 saturated carbocycles. The number of allylic oxidation sites excluding steroid dienone is 2. The van der Waals surface area contributed by atoms with E-state index >= 15 is 0 Å². The molecule has 1 heterocycles. The van der Waals surface area contributed by atoms with Gasteiger partial charge < -0.3 is 4.74 Å². The van der Waals surface area contributed by atoms with Crippen LogP contribution in [-0.2, 0) is 6.32 Å². The first kappa shape index (κ1) is 15.8. The fourth-order valence-electron chi connectivity index (χ4n) is 3.30. The van der Waals surface area contributed by atoms with E-state index in [9.17, 15) is 4.39 Å². The molecule has 0 spiro atoms. The van der Waals surface area contributed by atoms with Crippen molar-refractivity contribution in [1.29, 1.82) is 0 Å². The summed E-state index contributed by atoms with van der Waals surface area (Å²) >= 11 is 0. The Kier molecular flexibility index (Phi) is 4.05. The third-order valence-corrected chi connectivity index (χ3v) is 4.71. The van der Waals surface area contributed by atoms with Gasteiger partial charge in [-0.1, -0.05) is 26.2 Å². The topological polar surface area (TPSA) is 27.1 Å². The third kappa shape index (κ3) is 2.69. The molecule has 0 bridgehead atoms. The number of hydrogen-bond donors (Lipinski definition) is 0. The molecular weight excluding hydrogens is 290 g/mol. The van der Waals surface area contributed by atoms with Crippen LogP contribution in [0.25, 0.3) is 11.3 Å². The van der Waals surface area contributed by atoms with Crippen LogP contribution in [0.4, 0.5) is 4.39 Å². The molecule has 0 unspecified atom stereocenters. The van der Waals surface area contributed by atoms with Crippen LogP contribution in [0.3, 0.4) is 0 Å². The number of methoxy groups -OCH3 is 1. The van der Waals surface area contributed by atoms with Gasteiger partial charge in [-0.25, -0.2) is 9.07 Å². The van der Waals surface area contributed by atoms with Gasteiger partial charge in [-0.15, -0.1) is 0 Å². The fourth-order valence-corrected chi connectivity index (χ4v) is 3.30. The summed E-state index contributed by atoms with van der Waals surface area (Å²) in [4.78, 5) is 0. The van der Waals surface area contributed by atoms with Crippen molar-refractivity contribution >= 4 is 13.4 Å². The first-order valence-corrected chi connectivity index (χ1v) is 8.09. The summed E-state index contributed by atoms with van der Waals surface area (Å²) in [5, 5.41) is 4.48. The van der Waals surface area contributed by atoms with Gasteiger partial charge in [0.05, 0.1) is 19.0 Å². The Balaban J connectivity index is 2.21. The van der Waals surface area contributed by atoms with Gasteiger partial charge in [-0.2, -0.15) is 5.10 Å². The van der Waals surface area contributed by atoms with E-state index in [0.29, 0.717) is 11.4 Å². The van der Waals surface area contributed by atoms with Gasteiger partial charge in [0, 0.05) is 6.07 Å². The lowest BCUT2D eigenvalue weighted by molar-refractivity contribution is 0.413. The van der Waals surface area contributed by atoms with E-state index in [1.807, 2.05) is 6.20 Å². The van der Waals surface area contributed by atoms with Crippen LogP contribution in [0.5, 0.6) is 5.75 Å². The highest BCUT2D eigenvalue weighted by atomic mass is 19.1. The molecule has 0 amide bonds. The van der Waals surface area contributed by atoms with Crippen LogP contribution in [0.15, 0.2) is 30.5 Å². The molecule has 2 aromatic rings. The highest BCUT2D eigenvalue weighted by Crippen LogP contribution is 2.45. The summed E-state index contributed by atoms with van der Waals surface area (Å²) in [6, 6.07) is 4.76. The summed E-state index contributed by atoms with van der Waals surface area (Å²) in [5.74, 6) is 0.328. The molecule has 1 aromatic heterocycles. The second-order valence-electron chi connectivity index (χ2n) is 6.64. The van der Waals surface area contributed by atoms with Crippen LogP contribution >= 0.6 is 0 Å². The summed E-state index contributed by atoms with van der Waals surface area (Å²) in [6.07, 6.45) is 7.15. The van der Waals surface area contributed by atoms with Crippen molar-refractivity contribution in [1.82, 2.24) is 9.78 Å². The van der Waals surface area contributed by atoms with Gasteiger partial charge in [0.1, 0.15) is 25.1 Å². The number of hydrogen-bond acceptors (Lipinski definition) is 2. The van der Waals surface area contributed by atoms with E-state index < -0.39 is 0 Å². The van der Waals surface area contributed by atoms with E-state index in [-0.39, 0.29) is 11.2 Å². The largest absolute Gasteiger partial charge is 0.497 e. The van der Waals surface area contributed by atoms with Crippen molar-refractivity contribution < 1.29 is 9.13 Å². The summed E-state index contributed by atoms with van der Waals surface area (Å²) in [6.45, 7) is 4.48. The lowest BCUT2D eigenvalue weighted by Crippen LogP contribution is -2.14. The smallest absolute Gasteiger partial charge is 0.149 e. The molecule has 0 aliphatic heterocycles. The van der Waals surface area contributed by atoms with Crippen LogP contribution in [0.2, 0.25) is 0 Å². The SMILES string of the molecule is BCc1cnn(-c2cc(OC)ccc2F)c1C1=CCCC1(C)C. The molecule has 3 rings (SSSR count). The zero-order valence-corrected chi connectivity index (χ0v) is 14.2. The first-order valence-electron chi connectivity index (χ1n) is 8.09. The number of halogens is 1. The fraction of sp³-hybridized carbons (Fsp3) is 0.389. The van der Waals surface area contributed by atoms with E-state index in [0.717, 1.165) is 30.4 Å². The van der Waals surface area contributed by atoms with E-state index in [2.05, 4.69) is 32.9 Å². The van der Waals surface area contributed by atoms with Crippen molar-refractivity contribution in [2.75, 3.05) is 7.11 Å². The monoisotopic (exact) mass is 312 g/mol. The molecule has 120 valence electrons. The maximum absolute atomic E-state index is 14.4. The molecule has 0 saturated heterocycles. The molecule has 0 N–H and O–H groups in total. The molecule has 1 aromatic carbocycles. The molecule has 1 aliphatic carbocycles. The van der Waals surface area contributed by atoms with Crippen LogP contribution in [0.1, 0.15) is 37.9 Å². The summed E-state index contributed by atoms with van der Waals surface area (Å²) in [7, 11) is 3.69. The number of ether oxygens (including phenoxy) is 1. The Hall–Kier alpha value is -2.04.